The van der Waals surface area contributed by atoms with E-state index in [1.165, 1.54) is 18.7 Å². The van der Waals surface area contributed by atoms with Crippen molar-refractivity contribution in [3.8, 4) is 0 Å². The molecule has 4 nitrogen and oxygen atoms in total. The van der Waals surface area contributed by atoms with E-state index >= 15 is 0 Å². The number of hydrogen-bond donors (Lipinski definition) is 1. The Labute approximate surface area is 125 Å². The highest BCUT2D eigenvalue weighted by atomic mass is 16.1. The van der Waals surface area contributed by atoms with Crippen LogP contribution in [0.5, 0.6) is 0 Å². The molecule has 0 saturated carbocycles. The van der Waals surface area contributed by atoms with E-state index in [0.717, 1.165) is 30.6 Å². The van der Waals surface area contributed by atoms with Crippen molar-refractivity contribution in [2.75, 3.05) is 6.54 Å². The minimum absolute atomic E-state index is 0.0148. The number of hydrogen-bond acceptors (Lipinski definition) is 2. The number of imidazole rings is 1. The Balaban J connectivity index is 1.52. The predicted octanol–water partition coefficient (Wildman–Crippen LogP) is 2.50. The molecule has 1 aromatic heterocycles. The van der Waals surface area contributed by atoms with Gasteiger partial charge in [-0.05, 0) is 31.9 Å². The summed E-state index contributed by atoms with van der Waals surface area (Å²) in [6, 6.07) is 7.64. The normalized spacial score (nSPS) is 13.8. The summed E-state index contributed by atoms with van der Waals surface area (Å²) in [4.78, 5) is 16.6. The number of nitrogens with zero attached hydrogens (tertiary/aromatic N) is 2. The molecule has 0 bridgehead atoms. The minimum Gasteiger partial charge on any atom is -0.352 e. The third kappa shape index (κ3) is 3.32. The number of amides is 1. The molecule has 0 aliphatic carbocycles. The molecule has 1 aliphatic rings. The van der Waals surface area contributed by atoms with Crippen molar-refractivity contribution >= 4 is 5.91 Å². The average Bonchev–Trinajstić information content (AvgIpc) is 2.90. The summed E-state index contributed by atoms with van der Waals surface area (Å²) in [5.74, 6) is 1.18. The highest BCUT2D eigenvalue weighted by Gasteiger charge is 2.12. The van der Waals surface area contributed by atoms with Crippen LogP contribution in [0.4, 0.5) is 0 Å². The number of benzene rings is 1. The third-order valence-corrected chi connectivity index (χ3v) is 3.94. The zero-order valence-corrected chi connectivity index (χ0v) is 12.4. The summed E-state index contributed by atoms with van der Waals surface area (Å²) < 4.78 is 2.25. The molecule has 0 spiro atoms. The summed E-state index contributed by atoms with van der Waals surface area (Å²) in [7, 11) is 0. The number of rotatable bonds is 4. The van der Waals surface area contributed by atoms with Crippen molar-refractivity contribution in [3.05, 3.63) is 53.1 Å². The van der Waals surface area contributed by atoms with Gasteiger partial charge in [-0.15, -0.1) is 0 Å². The van der Waals surface area contributed by atoms with Crippen LogP contribution in [0.3, 0.4) is 0 Å². The van der Waals surface area contributed by atoms with Crippen molar-refractivity contribution in [1.82, 2.24) is 14.9 Å². The van der Waals surface area contributed by atoms with E-state index in [9.17, 15) is 4.79 Å². The fourth-order valence-electron chi connectivity index (χ4n) is 2.70. The van der Waals surface area contributed by atoms with Crippen LogP contribution in [0.15, 0.2) is 30.5 Å². The molecule has 2 aromatic rings. The third-order valence-electron chi connectivity index (χ3n) is 3.94. The van der Waals surface area contributed by atoms with Gasteiger partial charge in [-0.3, -0.25) is 4.79 Å². The number of aromatic nitrogens is 2. The van der Waals surface area contributed by atoms with Crippen molar-refractivity contribution in [3.63, 3.8) is 0 Å². The summed E-state index contributed by atoms with van der Waals surface area (Å²) in [6.07, 6.45) is 6.48. The Hall–Kier alpha value is -2.10. The second kappa shape index (κ2) is 6.12. The second-order valence-electron chi connectivity index (χ2n) is 5.67. The highest BCUT2D eigenvalue weighted by Crippen LogP contribution is 2.14. The van der Waals surface area contributed by atoms with Gasteiger partial charge in [0.15, 0.2) is 0 Å². The molecule has 110 valence electrons. The Morgan fingerprint density at radius 2 is 2.10 bits per heavy atom. The first-order valence-electron chi connectivity index (χ1n) is 7.62. The van der Waals surface area contributed by atoms with Crippen molar-refractivity contribution < 1.29 is 4.79 Å². The molecular formula is C17H21N3O. The zero-order chi connectivity index (χ0) is 14.7. The van der Waals surface area contributed by atoms with Gasteiger partial charge >= 0.3 is 0 Å². The van der Waals surface area contributed by atoms with E-state index in [1.54, 1.807) is 0 Å². The zero-order valence-electron chi connectivity index (χ0n) is 12.4. The fourth-order valence-corrected chi connectivity index (χ4v) is 2.70. The van der Waals surface area contributed by atoms with Gasteiger partial charge in [-0.1, -0.05) is 17.7 Å². The monoisotopic (exact) mass is 283 g/mol. The van der Waals surface area contributed by atoms with Crippen LogP contribution in [0.1, 0.15) is 40.3 Å². The molecular weight excluding hydrogens is 262 g/mol. The molecule has 0 radical (unpaired) electrons. The molecule has 0 atom stereocenters. The topological polar surface area (TPSA) is 46.9 Å². The van der Waals surface area contributed by atoms with Crippen LogP contribution in [-0.4, -0.2) is 22.0 Å². The Morgan fingerprint density at radius 3 is 2.86 bits per heavy atom. The molecule has 0 unspecified atom stereocenters. The van der Waals surface area contributed by atoms with Gasteiger partial charge in [0.2, 0.25) is 0 Å². The van der Waals surface area contributed by atoms with Gasteiger partial charge in [-0.25, -0.2) is 4.98 Å². The van der Waals surface area contributed by atoms with Crippen LogP contribution in [-0.2, 0) is 19.4 Å². The molecule has 1 amide bonds. The lowest BCUT2D eigenvalue weighted by molar-refractivity contribution is 0.0954. The Bertz CT molecular complexity index is 604. The fraction of sp³-hybridized carbons (Fsp3) is 0.412. The van der Waals surface area contributed by atoms with Gasteiger partial charge in [-0.2, -0.15) is 0 Å². The highest BCUT2D eigenvalue weighted by molar-refractivity contribution is 5.94. The van der Waals surface area contributed by atoms with Gasteiger partial charge in [0, 0.05) is 37.7 Å². The largest absolute Gasteiger partial charge is 0.352 e. The first-order chi connectivity index (χ1) is 10.2. The number of carbonyl (C=O) groups is 1. The SMILES string of the molecule is Cc1ccc(C(=O)NCCc2cn3c(n2)CCCC3)cc1. The number of fused-ring (bicyclic) bond motifs is 1. The maximum absolute atomic E-state index is 12.0. The van der Waals surface area contributed by atoms with Crippen LogP contribution in [0, 0.1) is 6.92 Å². The van der Waals surface area contributed by atoms with E-state index in [-0.39, 0.29) is 5.91 Å². The maximum Gasteiger partial charge on any atom is 0.251 e. The van der Waals surface area contributed by atoms with E-state index in [2.05, 4.69) is 21.1 Å². The van der Waals surface area contributed by atoms with Gasteiger partial charge in [0.25, 0.3) is 5.91 Å². The van der Waals surface area contributed by atoms with Gasteiger partial charge in [0.05, 0.1) is 5.69 Å². The van der Waals surface area contributed by atoms with E-state index in [1.807, 2.05) is 31.2 Å². The van der Waals surface area contributed by atoms with Crippen molar-refractivity contribution in [2.45, 2.75) is 39.2 Å². The minimum atomic E-state index is -0.0148. The molecule has 0 fully saturated rings. The molecule has 1 aliphatic heterocycles. The number of aryl methyl sites for hydroxylation is 3. The Morgan fingerprint density at radius 1 is 1.29 bits per heavy atom. The van der Waals surface area contributed by atoms with E-state index < -0.39 is 0 Å². The van der Waals surface area contributed by atoms with Crippen LogP contribution < -0.4 is 5.32 Å². The molecule has 0 saturated heterocycles. The van der Waals surface area contributed by atoms with Gasteiger partial charge < -0.3 is 9.88 Å². The number of carbonyl (C=O) groups excluding carboxylic acids is 1. The first kappa shape index (κ1) is 13.9. The molecule has 1 aromatic carbocycles. The molecule has 2 heterocycles. The second-order valence-corrected chi connectivity index (χ2v) is 5.67. The molecule has 3 rings (SSSR count). The summed E-state index contributed by atoms with van der Waals surface area (Å²) >= 11 is 0. The van der Waals surface area contributed by atoms with Crippen LogP contribution >= 0.6 is 0 Å². The predicted molar refractivity (Wildman–Crippen MR) is 82.4 cm³/mol. The van der Waals surface area contributed by atoms with Crippen LogP contribution in [0.2, 0.25) is 0 Å². The van der Waals surface area contributed by atoms with E-state index in [0.29, 0.717) is 12.1 Å². The van der Waals surface area contributed by atoms with Gasteiger partial charge in [0.1, 0.15) is 5.82 Å². The first-order valence-corrected chi connectivity index (χ1v) is 7.62. The summed E-state index contributed by atoms with van der Waals surface area (Å²) in [6.45, 7) is 3.73. The van der Waals surface area contributed by atoms with Crippen molar-refractivity contribution in [1.29, 1.82) is 0 Å². The maximum atomic E-state index is 12.0. The average molecular weight is 283 g/mol. The number of nitrogens with one attached hydrogen (secondary N) is 1. The quantitative estimate of drug-likeness (QED) is 0.937. The van der Waals surface area contributed by atoms with Crippen LogP contribution in [0.25, 0.3) is 0 Å². The lowest BCUT2D eigenvalue weighted by Gasteiger charge is -2.11. The standard InChI is InChI=1S/C17H21N3O/c1-13-5-7-14(8-6-13)17(21)18-10-9-15-12-20-11-3-2-4-16(20)19-15/h5-8,12H,2-4,9-11H2,1H3,(H,18,21). The van der Waals surface area contributed by atoms with E-state index in [4.69, 9.17) is 0 Å². The molecule has 1 N–H and O–H groups in total. The Kier molecular flexibility index (Phi) is 4.04. The summed E-state index contributed by atoms with van der Waals surface area (Å²) in [5.41, 5.74) is 2.95. The molecule has 21 heavy (non-hydrogen) atoms. The van der Waals surface area contributed by atoms with Crippen molar-refractivity contribution in [2.24, 2.45) is 0 Å². The molecule has 4 heteroatoms. The lowest BCUT2D eigenvalue weighted by Crippen LogP contribution is -2.25. The summed E-state index contributed by atoms with van der Waals surface area (Å²) in [5, 5.41) is 2.96. The smallest absolute Gasteiger partial charge is 0.251 e. The lowest BCUT2D eigenvalue weighted by atomic mass is 10.1.